The van der Waals surface area contributed by atoms with Crippen molar-refractivity contribution >= 4 is 17.1 Å². The first-order valence-corrected chi connectivity index (χ1v) is 6.24. The van der Waals surface area contributed by atoms with Crippen LogP contribution in [-0.4, -0.2) is 13.2 Å². The summed E-state index contributed by atoms with van der Waals surface area (Å²) in [5.41, 5.74) is 9.63. The number of fused-ring (bicyclic) bond motifs is 1. The second kappa shape index (κ2) is 4.72. The van der Waals surface area contributed by atoms with Crippen LogP contribution in [0.5, 0.6) is 11.5 Å². The Bertz CT molecular complexity index is 591. The molecule has 1 aliphatic rings. The molecule has 0 fully saturated rings. The number of nitrogens with one attached hydrogen (secondary N) is 1. The third kappa shape index (κ3) is 2.57. The van der Waals surface area contributed by atoms with E-state index in [1.165, 1.54) is 0 Å². The second-order valence-electron chi connectivity index (χ2n) is 4.62. The zero-order valence-electron chi connectivity index (χ0n) is 10.8. The van der Waals surface area contributed by atoms with Gasteiger partial charge < -0.3 is 20.5 Å². The predicted molar refractivity (Wildman–Crippen MR) is 76.3 cm³/mol. The molecule has 0 unspecified atom stereocenters. The molecule has 3 rings (SSSR count). The summed E-state index contributed by atoms with van der Waals surface area (Å²) >= 11 is 0. The Kier molecular flexibility index (Phi) is 2.91. The Morgan fingerprint density at radius 1 is 0.947 bits per heavy atom. The van der Waals surface area contributed by atoms with E-state index in [0.29, 0.717) is 13.2 Å². The van der Waals surface area contributed by atoms with Gasteiger partial charge in [0, 0.05) is 23.1 Å². The number of benzene rings is 2. The maximum Gasteiger partial charge on any atom is 0.163 e. The molecule has 0 aromatic heterocycles. The number of nitrogens with two attached hydrogens (primary N) is 1. The van der Waals surface area contributed by atoms with Crippen LogP contribution >= 0.6 is 0 Å². The highest BCUT2D eigenvalue weighted by molar-refractivity contribution is 5.67. The summed E-state index contributed by atoms with van der Waals surface area (Å²) in [6.07, 6.45) is 0. The van der Waals surface area contributed by atoms with Crippen LogP contribution in [0.3, 0.4) is 0 Å². The van der Waals surface area contributed by atoms with Gasteiger partial charge in [0.25, 0.3) is 0 Å². The van der Waals surface area contributed by atoms with Crippen molar-refractivity contribution in [2.75, 3.05) is 24.3 Å². The van der Waals surface area contributed by atoms with Gasteiger partial charge in [-0.05, 0) is 42.8 Å². The molecule has 1 aliphatic heterocycles. The highest BCUT2D eigenvalue weighted by atomic mass is 16.6. The van der Waals surface area contributed by atoms with Gasteiger partial charge in [-0.25, -0.2) is 0 Å². The summed E-state index contributed by atoms with van der Waals surface area (Å²) in [6.45, 7) is 3.22. The van der Waals surface area contributed by atoms with Gasteiger partial charge in [-0.2, -0.15) is 0 Å². The fourth-order valence-corrected chi connectivity index (χ4v) is 2.17. The van der Waals surface area contributed by atoms with E-state index in [1.807, 2.05) is 43.3 Å². The van der Waals surface area contributed by atoms with Crippen molar-refractivity contribution in [3.8, 4) is 11.5 Å². The van der Waals surface area contributed by atoms with Gasteiger partial charge in [0.2, 0.25) is 0 Å². The fourth-order valence-electron chi connectivity index (χ4n) is 2.17. The van der Waals surface area contributed by atoms with Gasteiger partial charge >= 0.3 is 0 Å². The number of ether oxygens (including phenoxy) is 2. The van der Waals surface area contributed by atoms with Gasteiger partial charge in [0.05, 0.1) is 0 Å². The molecule has 0 bridgehead atoms. The Morgan fingerprint density at radius 3 is 2.53 bits per heavy atom. The number of aryl methyl sites for hydroxylation is 1. The van der Waals surface area contributed by atoms with Crippen LogP contribution in [0.1, 0.15) is 5.56 Å². The summed E-state index contributed by atoms with van der Waals surface area (Å²) in [5, 5.41) is 3.32. The molecule has 0 spiro atoms. The standard InChI is InChI=1S/C15H16N2O2/c1-10-6-11(16)8-13(7-10)17-12-2-3-14-15(9-12)19-5-4-18-14/h2-3,6-9,17H,4-5,16H2,1H3. The van der Waals surface area contributed by atoms with Crippen molar-refractivity contribution < 1.29 is 9.47 Å². The predicted octanol–water partition coefficient (Wildman–Crippen LogP) is 3.09. The lowest BCUT2D eigenvalue weighted by Gasteiger charge is -2.19. The summed E-state index contributed by atoms with van der Waals surface area (Å²) < 4.78 is 11.1. The Hall–Kier alpha value is -2.36. The van der Waals surface area contributed by atoms with Crippen LogP contribution in [0, 0.1) is 6.92 Å². The lowest BCUT2D eigenvalue weighted by Crippen LogP contribution is -2.15. The van der Waals surface area contributed by atoms with Crippen LogP contribution in [0.4, 0.5) is 17.1 Å². The maximum atomic E-state index is 5.84. The first-order valence-electron chi connectivity index (χ1n) is 6.24. The zero-order valence-corrected chi connectivity index (χ0v) is 10.8. The van der Waals surface area contributed by atoms with Crippen molar-refractivity contribution in [2.45, 2.75) is 6.92 Å². The normalized spacial score (nSPS) is 13.1. The minimum absolute atomic E-state index is 0.591. The SMILES string of the molecule is Cc1cc(N)cc(Nc2ccc3c(c2)OCCO3)c1. The van der Waals surface area contributed by atoms with Crippen LogP contribution in [-0.2, 0) is 0 Å². The van der Waals surface area contributed by atoms with E-state index in [-0.39, 0.29) is 0 Å². The molecule has 4 heteroatoms. The van der Waals surface area contributed by atoms with Gasteiger partial charge in [-0.3, -0.25) is 0 Å². The molecule has 1 heterocycles. The van der Waals surface area contributed by atoms with Gasteiger partial charge in [-0.15, -0.1) is 0 Å². The molecule has 19 heavy (non-hydrogen) atoms. The van der Waals surface area contributed by atoms with Crippen LogP contribution in [0.15, 0.2) is 36.4 Å². The maximum absolute atomic E-state index is 5.84. The van der Waals surface area contributed by atoms with Crippen LogP contribution in [0.2, 0.25) is 0 Å². The minimum Gasteiger partial charge on any atom is -0.486 e. The first-order chi connectivity index (χ1) is 9.20. The van der Waals surface area contributed by atoms with Crippen molar-refractivity contribution in [2.24, 2.45) is 0 Å². The smallest absolute Gasteiger partial charge is 0.163 e. The van der Waals surface area contributed by atoms with E-state index in [2.05, 4.69) is 5.32 Å². The van der Waals surface area contributed by atoms with Gasteiger partial charge in [0.15, 0.2) is 11.5 Å². The third-order valence-electron chi connectivity index (χ3n) is 2.93. The number of hydrogen-bond acceptors (Lipinski definition) is 4. The highest BCUT2D eigenvalue weighted by Crippen LogP contribution is 2.33. The average Bonchev–Trinajstić information content (AvgIpc) is 2.37. The summed E-state index contributed by atoms with van der Waals surface area (Å²) in [7, 11) is 0. The van der Waals surface area contributed by atoms with Crippen LogP contribution < -0.4 is 20.5 Å². The molecule has 0 saturated heterocycles. The summed E-state index contributed by atoms with van der Waals surface area (Å²) in [6, 6.07) is 11.7. The number of nitrogen functional groups attached to an aromatic ring is 1. The molecule has 2 aromatic carbocycles. The van der Waals surface area contributed by atoms with E-state index in [0.717, 1.165) is 34.1 Å². The fraction of sp³-hybridized carbons (Fsp3) is 0.200. The number of anilines is 3. The van der Waals surface area contributed by atoms with Crippen molar-refractivity contribution in [1.82, 2.24) is 0 Å². The van der Waals surface area contributed by atoms with E-state index < -0.39 is 0 Å². The molecular weight excluding hydrogens is 240 g/mol. The number of rotatable bonds is 2. The largest absolute Gasteiger partial charge is 0.486 e. The van der Waals surface area contributed by atoms with Crippen molar-refractivity contribution in [3.05, 3.63) is 42.0 Å². The Morgan fingerprint density at radius 2 is 1.74 bits per heavy atom. The first kappa shape index (κ1) is 11.7. The third-order valence-corrected chi connectivity index (χ3v) is 2.93. The quantitative estimate of drug-likeness (QED) is 0.811. The molecule has 0 saturated carbocycles. The second-order valence-corrected chi connectivity index (χ2v) is 4.62. The molecule has 0 atom stereocenters. The van der Waals surface area contributed by atoms with E-state index in [4.69, 9.17) is 15.2 Å². The molecule has 0 aliphatic carbocycles. The topological polar surface area (TPSA) is 56.5 Å². The molecule has 0 radical (unpaired) electrons. The highest BCUT2D eigenvalue weighted by Gasteiger charge is 2.11. The monoisotopic (exact) mass is 256 g/mol. The molecule has 98 valence electrons. The zero-order chi connectivity index (χ0) is 13.2. The minimum atomic E-state index is 0.591. The van der Waals surface area contributed by atoms with E-state index >= 15 is 0 Å². The lowest BCUT2D eigenvalue weighted by atomic mass is 10.2. The van der Waals surface area contributed by atoms with Crippen molar-refractivity contribution in [3.63, 3.8) is 0 Å². The summed E-state index contributed by atoms with van der Waals surface area (Å²) in [5.74, 6) is 1.57. The Balaban J connectivity index is 1.86. The lowest BCUT2D eigenvalue weighted by molar-refractivity contribution is 0.171. The van der Waals surface area contributed by atoms with E-state index in [9.17, 15) is 0 Å². The number of hydrogen-bond donors (Lipinski definition) is 2. The Labute approximate surface area is 112 Å². The molecule has 3 N–H and O–H groups in total. The molecule has 2 aromatic rings. The molecular formula is C15H16N2O2. The van der Waals surface area contributed by atoms with E-state index in [1.54, 1.807) is 0 Å². The molecule has 0 amide bonds. The average molecular weight is 256 g/mol. The summed E-state index contributed by atoms with van der Waals surface area (Å²) in [4.78, 5) is 0. The van der Waals surface area contributed by atoms with Crippen LogP contribution in [0.25, 0.3) is 0 Å². The van der Waals surface area contributed by atoms with Gasteiger partial charge in [-0.1, -0.05) is 0 Å². The van der Waals surface area contributed by atoms with Gasteiger partial charge in [0.1, 0.15) is 13.2 Å². The van der Waals surface area contributed by atoms with Crippen molar-refractivity contribution in [1.29, 1.82) is 0 Å². The molecule has 4 nitrogen and oxygen atoms in total.